The van der Waals surface area contributed by atoms with Crippen molar-refractivity contribution in [2.75, 3.05) is 13.7 Å². The Morgan fingerprint density at radius 3 is 2.88 bits per heavy atom. The van der Waals surface area contributed by atoms with Gasteiger partial charge in [0.15, 0.2) is 11.6 Å². The van der Waals surface area contributed by atoms with E-state index in [9.17, 15) is 9.18 Å². The van der Waals surface area contributed by atoms with E-state index in [1.54, 1.807) is 6.07 Å². The van der Waals surface area contributed by atoms with Gasteiger partial charge >= 0.3 is 0 Å². The largest absolute Gasteiger partial charge is 0.494 e. The predicted molar refractivity (Wildman–Crippen MR) is 57.9 cm³/mol. The van der Waals surface area contributed by atoms with Crippen LogP contribution in [0, 0.1) is 5.82 Å². The fourth-order valence-electron chi connectivity index (χ4n) is 1.95. The van der Waals surface area contributed by atoms with Crippen LogP contribution >= 0.6 is 0 Å². The minimum Gasteiger partial charge on any atom is -0.494 e. The second kappa shape index (κ2) is 4.51. The lowest BCUT2D eigenvalue weighted by molar-refractivity contribution is -0.122. The van der Waals surface area contributed by atoms with Crippen molar-refractivity contribution in [3.05, 3.63) is 29.6 Å². The smallest absolute Gasteiger partial charge is 0.220 e. The van der Waals surface area contributed by atoms with Crippen molar-refractivity contribution in [1.29, 1.82) is 0 Å². The maximum atomic E-state index is 13.5. The van der Waals surface area contributed by atoms with Crippen molar-refractivity contribution >= 4 is 5.91 Å². The fraction of sp³-hybridized carbons (Fsp3) is 0.417. The molecule has 0 bridgehead atoms. The number of piperidine rings is 1. The lowest BCUT2D eigenvalue weighted by Crippen LogP contribution is -2.33. The Kier molecular flexibility index (Phi) is 3.08. The third kappa shape index (κ3) is 2.15. The fourth-order valence-corrected chi connectivity index (χ4v) is 1.95. The zero-order chi connectivity index (χ0) is 11.5. The van der Waals surface area contributed by atoms with Gasteiger partial charge in [0.1, 0.15) is 0 Å². The lowest BCUT2D eigenvalue weighted by atomic mass is 9.91. The molecular formula is C12H14FNO2. The van der Waals surface area contributed by atoms with E-state index in [-0.39, 0.29) is 23.4 Å². The van der Waals surface area contributed by atoms with E-state index in [4.69, 9.17) is 4.74 Å². The molecule has 1 aliphatic rings. The summed E-state index contributed by atoms with van der Waals surface area (Å²) in [6.45, 7) is 0.588. The van der Waals surface area contributed by atoms with Crippen LogP contribution < -0.4 is 10.1 Å². The van der Waals surface area contributed by atoms with Crippen molar-refractivity contribution in [3.8, 4) is 5.75 Å². The van der Waals surface area contributed by atoms with Crippen molar-refractivity contribution in [2.24, 2.45) is 0 Å². The second-order valence-electron chi connectivity index (χ2n) is 3.93. The van der Waals surface area contributed by atoms with Gasteiger partial charge in [0, 0.05) is 18.9 Å². The topological polar surface area (TPSA) is 38.3 Å². The molecule has 0 spiro atoms. The van der Waals surface area contributed by atoms with Gasteiger partial charge in [-0.25, -0.2) is 4.39 Å². The Morgan fingerprint density at radius 1 is 1.50 bits per heavy atom. The average molecular weight is 223 g/mol. The van der Waals surface area contributed by atoms with Crippen molar-refractivity contribution < 1.29 is 13.9 Å². The SMILES string of the molecule is COc1ccc(C2CCC(=O)NC2)cc1F. The molecule has 1 aromatic carbocycles. The Hall–Kier alpha value is -1.58. The maximum absolute atomic E-state index is 13.5. The van der Waals surface area contributed by atoms with Crippen LogP contribution in [-0.2, 0) is 4.79 Å². The van der Waals surface area contributed by atoms with Crippen LogP contribution in [-0.4, -0.2) is 19.6 Å². The summed E-state index contributed by atoms with van der Waals surface area (Å²) < 4.78 is 18.3. The molecule has 0 saturated carbocycles. The van der Waals surface area contributed by atoms with Gasteiger partial charge in [-0.2, -0.15) is 0 Å². The van der Waals surface area contributed by atoms with Gasteiger partial charge in [-0.3, -0.25) is 4.79 Å². The third-order valence-corrected chi connectivity index (χ3v) is 2.91. The van der Waals surface area contributed by atoms with E-state index in [2.05, 4.69) is 5.32 Å². The van der Waals surface area contributed by atoms with Crippen molar-refractivity contribution in [2.45, 2.75) is 18.8 Å². The van der Waals surface area contributed by atoms with Crippen LogP contribution in [0.2, 0.25) is 0 Å². The number of hydrogen-bond acceptors (Lipinski definition) is 2. The molecule has 1 aromatic rings. The highest BCUT2D eigenvalue weighted by Gasteiger charge is 2.20. The first kappa shape index (κ1) is 10.9. The van der Waals surface area contributed by atoms with Crippen LogP contribution in [0.15, 0.2) is 18.2 Å². The maximum Gasteiger partial charge on any atom is 0.220 e. The molecule has 1 aliphatic heterocycles. The number of carbonyl (C=O) groups is 1. The number of nitrogens with one attached hydrogen (secondary N) is 1. The zero-order valence-electron chi connectivity index (χ0n) is 9.13. The molecule has 1 heterocycles. The number of halogens is 1. The van der Waals surface area contributed by atoms with Crippen LogP contribution in [0.5, 0.6) is 5.75 Å². The van der Waals surface area contributed by atoms with E-state index in [0.29, 0.717) is 13.0 Å². The summed E-state index contributed by atoms with van der Waals surface area (Å²) in [5.74, 6) is 0.184. The van der Waals surface area contributed by atoms with Gasteiger partial charge in [-0.05, 0) is 24.1 Å². The zero-order valence-corrected chi connectivity index (χ0v) is 9.13. The monoisotopic (exact) mass is 223 g/mol. The molecule has 0 aromatic heterocycles. The van der Waals surface area contributed by atoms with E-state index >= 15 is 0 Å². The highest BCUT2D eigenvalue weighted by Crippen LogP contribution is 2.27. The number of rotatable bonds is 2. The summed E-state index contributed by atoms with van der Waals surface area (Å²) in [6.07, 6.45) is 1.29. The first-order chi connectivity index (χ1) is 7.70. The number of ether oxygens (including phenoxy) is 1. The Labute approximate surface area is 93.6 Å². The van der Waals surface area contributed by atoms with E-state index in [1.165, 1.54) is 13.2 Å². The second-order valence-corrected chi connectivity index (χ2v) is 3.93. The first-order valence-corrected chi connectivity index (χ1v) is 5.31. The van der Waals surface area contributed by atoms with Crippen LogP contribution in [0.3, 0.4) is 0 Å². The molecule has 1 N–H and O–H groups in total. The van der Waals surface area contributed by atoms with Crippen molar-refractivity contribution in [1.82, 2.24) is 5.32 Å². The molecule has 0 aliphatic carbocycles. The number of carbonyl (C=O) groups excluding carboxylic acids is 1. The predicted octanol–water partition coefficient (Wildman–Crippen LogP) is 1.83. The molecule has 16 heavy (non-hydrogen) atoms. The van der Waals surface area contributed by atoms with Gasteiger partial charge in [-0.15, -0.1) is 0 Å². The molecule has 3 nitrogen and oxygen atoms in total. The molecule has 2 rings (SSSR count). The molecule has 1 atom stereocenters. The summed E-state index contributed by atoms with van der Waals surface area (Å²) in [5, 5.41) is 2.79. The van der Waals surface area contributed by atoms with Crippen LogP contribution in [0.4, 0.5) is 4.39 Å². The van der Waals surface area contributed by atoms with Gasteiger partial charge in [-0.1, -0.05) is 6.07 Å². The van der Waals surface area contributed by atoms with Gasteiger partial charge in [0.25, 0.3) is 0 Å². The molecule has 1 amide bonds. The van der Waals surface area contributed by atoms with E-state index in [1.807, 2.05) is 6.07 Å². The summed E-state index contributed by atoms with van der Waals surface area (Å²) in [5.41, 5.74) is 0.915. The number of benzene rings is 1. The molecule has 0 radical (unpaired) electrons. The summed E-state index contributed by atoms with van der Waals surface area (Å²) >= 11 is 0. The van der Waals surface area contributed by atoms with Crippen molar-refractivity contribution in [3.63, 3.8) is 0 Å². The lowest BCUT2D eigenvalue weighted by Gasteiger charge is -2.22. The molecular weight excluding hydrogens is 209 g/mol. The van der Waals surface area contributed by atoms with Gasteiger partial charge < -0.3 is 10.1 Å². The third-order valence-electron chi connectivity index (χ3n) is 2.91. The summed E-state index contributed by atoms with van der Waals surface area (Å²) in [7, 11) is 1.44. The van der Waals surface area contributed by atoms with Crippen LogP contribution in [0.25, 0.3) is 0 Å². The van der Waals surface area contributed by atoms with E-state index in [0.717, 1.165) is 12.0 Å². The minimum atomic E-state index is -0.350. The number of methoxy groups -OCH3 is 1. The average Bonchev–Trinajstić information content (AvgIpc) is 2.30. The quantitative estimate of drug-likeness (QED) is 0.830. The highest BCUT2D eigenvalue weighted by atomic mass is 19.1. The molecule has 1 unspecified atom stereocenters. The Balaban J connectivity index is 2.15. The highest BCUT2D eigenvalue weighted by molar-refractivity contribution is 5.76. The van der Waals surface area contributed by atoms with Gasteiger partial charge in [0.2, 0.25) is 5.91 Å². The minimum absolute atomic E-state index is 0.0743. The molecule has 86 valence electrons. The molecule has 1 saturated heterocycles. The molecule has 4 heteroatoms. The normalized spacial score (nSPS) is 20.4. The van der Waals surface area contributed by atoms with Gasteiger partial charge in [0.05, 0.1) is 7.11 Å². The van der Waals surface area contributed by atoms with Crippen LogP contribution in [0.1, 0.15) is 24.3 Å². The Bertz CT molecular complexity index is 396. The number of hydrogen-bond donors (Lipinski definition) is 1. The van der Waals surface area contributed by atoms with E-state index < -0.39 is 0 Å². The Morgan fingerprint density at radius 2 is 2.31 bits per heavy atom. The summed E-state index contributed by atoms with van der Waals surface area (Å²) in [4.78, 5) is 11.0. The first-order valence-electron chi connectivity index (χ1n) is 5.31. The summed E-state index contributed by atoms with van der Waals surface area (Å²) in [6, 6.07) is 4.96. The standard InChI is InChI=1S/C12H14FNO2/c1-16-11-4-2-8(6-10(11)13)9-3-5-12(15)14-7-9/h2,4,6,9H,3,5,7H2,1H3,(H,14,15). The number of amides is 1. The molecule has 1 fully saturated rings.